The summed E-state index contributed by atoms with van der Waals surface area (Å²) in [5.41, 5.74) is 0.482. The highest BCUT2D eigenvalue weighted by atomic mass is 16.7. The summed E-state index contributed by atoms with van der Waals surface area (Å²) in [5.74, 6) is 1.34. The summed E-state index contributed by atoms with van der Waals surface area (Å²) in [5, 5.41) is 0. The maximum Gasteiger partial charge on any atom is 0.309 e. The molecular formula is C44H68O10. The minimum atomic E-state index is -0.941. The van der Waals surface area contributed by atoms with Crippen LogP contribution >= 0.6 is 0 Å². The molecule has 4 rings (SSSR count). The van der Waals surface area contributed by atoms with Crippen molar-refractivity contribution in [3.05, 3.63) is 24.3 Å². The van der Waals surface area contributed by atoms with Crippen LogP contribution < -0.4 is 0 Å². The van der Waals surface area contributed by atoms with Crippen LogP contribution in [0.4, 0.5) is 0 Å². The van der Waals surface area contributed by atoms with Crippen LogP contribution in [0.15, 0.2) is 24.3 Å². The van der Waals surface area contributed by atoms with Gasteiger partial charge < -0.3 is 23.7 Å². The van der Waals surface area contributed by atoms with E-state index in [0.717, 1.165) is 50.4 Å². The van der Waals surface area contributed by atoms with Gasteiger partial charge >= 0.3 is 23.9 Å². The van der Waals surface area contributed by atoms with Crippen molar-refractivity contribution in [3.63, 3.8) is 0 Å². The minimum Gasteiger partial charge on any atom is -0.461 e. The van der Waals surface area contributed by atoms with Crippen LogP contribution in [0.3, 0.4) is 0 Å². The highest BCUT2D eigenvalue weighted by molar-refractivity contribution is 5.79. The molecule has 9 atom stereocenters. The van der Waals surface area contributed by atoms with Crippen molar-refractivity contribution < 1.29 is 47.7 Å². The molecule has 0 aromatic carbocycles. The summed E-state index contributed by atoms with van der Waals surface area (Å²) in [6.45, 7) is 12.0. The molecule has 1 unspecified atom stereocenters. The Kier molecular flexibility index (Phi) is 16.8. The number of carbonyl (C=O) groups excluding carboxylic acids is 5. The third kappa shape index (κ3) is 11.8. The van der Waals surface area contributed by atoms with E-state index in [4.69, 9.17) is 23.7 Å². The summed E-state index contributed by atoms with van der Waals surface area (Å²) in [6, 6.07) is 0. The third-order valence-corrected chi connectivity index (χ3v) is 13.5. The fourth-order valence-electron chi connectivity index (χ4n) is 10.6. The molecule has 4 aliphatic rings. The molecule has 0 heterocycles. The van der Waals surface area contributed by atoms with Gasteiger partial charge in [-0.25, -0.2) is 0 Å². The van der Waals surface area contributed by atoms with Gasteiger partial charge in [0.2, 0.25) is 0 Å². The summed E-state index contributed by atoms with van der Waals surface area (Å²) in [6.07, 6.45) is 18.9. The molecule has 0 aliphatic heterocycles. The molecule has 304 valence electrons. The molecule has 4 saturated carbocycles. The summed E-state index contributed by atoms with van der Waals surface area (Å²) in [4.78, 5) is 62.1. The van der Waals surface area contributed by atoms with Crippen LogP contribution in [0.2, 0.25) is 0 Å². The Morgan fingerprint density at radius 3 is 1.98 bits per heavy atom. The number of hydrogen-bond acceptors (Lipinski definition) is 10. The molecule has 10 heteroatoms. The van der Waals surface area contributed by atoms with Crippen LogP contribution in [-0.4, -0.2) is 61.9 Å². The molecule has 10 nitrogen and oxygen atoms in total. The average Bonchev–Trinajstić information content (AvgIpc) is 3.50. The number of ketones is 1. The minimum absolute atomic E-state index is 0.0437. The number of fused-ring (bicyclic) bond motifs is 5. The van der Waals surface area contributed by atoms with Crippen molar-refractivity contribution in [3.8, 4) is 0 Å². The molecule has 0 aromatic rings. The second kappa shape index (κ2) is 20.8. The highest BCUT2D eigenvalue weighted by Gasteiger charge is 2.60. The Hall–Kier alpha value is -3.01. The Bertz CT molecular complexity index is 1310. The van der Waals surface area contributed by atoms with Gasteiger partial charge in [-0.15, -0.1) is 0 Å². The highest BCUT2D eigenvalue weighted by Crippen LogP contribution is 2.67. The van der Waals surface area contributed by atoms with Crippen molar-refractivity contribution in [2.75, 3.05) is 20.0 Å². The lowest BCUT2D eigenvalue weighted by Crippen LogP contribution is -2.54. The molecule has 0 spiro atoms. The molecule has 0 N–H and O–H groups in total. The third-order valence-electron chi connectivity index (χ3n) is 13.5. The zero-order valence-corrected chi connectivity index (χ0v) is 33.9. The molecule has 4 aliphatic carbocycles. The van der Waals surface area contributed by atoms with E-state index in [2.05, 4.69) is 13.8 Å². The topological polar surface area (TPSA) is 132 Å². The van der Waals surface area contributed by atoms with E-state index in [0.29, 0.717) is 29.5 Å². The molecule has 0 saturated heterocycles. The Labute approximate surface area is 323 Å². The first-order chi connectivity index (χ1) is 25.8. The average molecular weight is 757 g/mol. The molecular weight excluding hydrogens is 688 g/mol. The number of ether oxygens (including phenoxy) is 5. The van der Waals surface area contributed by atoms with Crippen LogP contribution in [-0.2, 0) is 47.7 Å². The maximum absolute atomic E-state index is 12.8. The van der Waals surface area contributed by atoms with Crippen LogP contribution in [0.1, 0.15) is 144 Å². The lowest BCUT2D eigenvalue weighted by molar-refractivity contribution is -0.174. The van der Waals surface area contributed by atoms with Crippen LogP contribution in [0, 0.1) is 46.3 Å². The predicted octanol–water partition coefficient (Wildman–Crippen LogP) is 8.64. The Morgan fingerprint density at radius 2 is 1.35 bits per heavy atom. The molecule has 0 amide bonds. The zero-order valence-electron chi connectivity index (χ0n) is 33.9. The molecule has 0 aromatic heterocycles. The summed E-state index contributed by atoms with van der Waals surface area (Å²) >= 11 is 0. The lowest BCUT2D eigenvalue weighted by Gasteiger charge is -2.61. The van der Waals surface area contributed by atoms with E-state index in [1.165, 1.54) is 32.1 Å². The zero-order chi connectivity index (χ0) is 39.3. The van der Waals surface area contributed by atoms with E-state index in [9.17, 15) is 24.0 Å². The van der Waals surface area contributed by atoms with Crippen molar-refractivity contribution in [1.29, 1.82) is 0 Å². The van der Waals surface area contributed by atoms with Gasteiger partial charge in [0.25, 0.3) is 0 Å². The number of Topliss-reactive ketones (excluding diaryl/α,β-unsaturated/α-hetero) is 1. The van der Waals surface area contributed by atoms with Crippen molar-refractivity contribution in [2.45, 2.75) is 156 Å². The second-order valence-electron chi connectivity index (χ2n) is 17.1. The molecule has 0 radical (unpaired) electrons. The summed E-state index contributed by atoms with van der Waals surface area (Å²) in [7, 11) is 0. The number of hydrogen-bond donors (Lipinski definition) is 0. The first-order valence-corrected chi connectivity index (χ1v) is 20.9. The Balaban J connectivity index is 1.15. The first kappa shape index (κ1) is 43.7. The van der Waals surface area contributed by atoms with Gasteiger partial charge in [0.1, 0.15) is 19.0 Å². The largest absolute Gasteiger partial charge is 0.461 e. The normalized spacial score (nSPS) is 31.0. The lowest BCUT2D eigenvalue weighted by atomic mass is 9.44. The summed E-state index contributed by atoms with van der Waals surface area (Å²) < 4.78 is 27.7. The van der Waals surface area contributed by atoms with E-state index in [1.807, 2.05) is 32.9 Å². The van der Waals surface area contributed by atoms with Crippen molar-refractivity contribution >= 4 is 29.7 Å². The number of allylic oxidation sites excluding steroid dienone is 2. The van der Waals surface area contributed by atoms with Crippen molar-refractivity contribution in [2.24, 2.45) is 46.3 Å². The number of esters is 4. The second-order valence-corrected chi connectivity index (χ2v) is 17.1. The van der Waals surface area contributed by atoms with Gasteiger partial charge in [0.15, 0.2) is 12.9 Å². The quantitative estimate of drug-likeness (QED) is 0.0515. The van der Waals surface area contributed by atoms with E-state index in [-0.39, 0.29) is 75.0 Å². The van der Waals surface area contributed by atoms with Crippen LogP contribution in [0.5, 0.6) is 0 Å². The van der Waals surface area contributed by atoms with Gasteiger partial charge in [0.05, 0.1) is 18.9 Å². The van der Waals surface area contributed by atoms with Crippen LogP contribution in [0.25, 0.3) is 0 Å². The fraction of sp³-hybridized carbons (Fsp3) is 0.795. The monoisotopic (exact) mass is 756 g/mol. The standard InChI is InChI=1S/C44H68O10/c1-7-9-11-13-39(46)50-27-34(28-51-40(47)14-12-10-8-2)54-42(49)25-30(3)15-20-41(48)53-29-52-33-21-23-43(5)32(26-33)16-17-35-37-19-18-36(31(4)45)44(37,6)24-22-38(35)43/h9-12,30,32-38H,7-8,13-29H2,1-6H3/b11-9-,12-10-/t30?,32-,33+,35-,36+,37-,38-,43-,44+/m0/s1. The SMILES string of the molecule is CC/C=C\CC(=O)OCC(COC(=O)C/C=C\CC)OC(=O)CC(C)CCC(=O)OCO[C@@H]1CC[C@@]2(C)[C@@H](CC[C@@H]3[C@@H]2CC[C@]2(C)[C@@H](C(C)=O)CC[C@@H]32)C1. The van der Waals surface area contributed by atoms with Gasteiger partial charge in [-0.05, 0) is 124 Å². The first-order valence-electron chi connectivity index (χ1n) is 20.9. The molecule has 54 heavy (non-hydrogen) atoms. The smallest absolute Gasteiger partial charge is 0.309 e. The van der Waals surface area contributed by atoms with Gasteiger partial charge in [-0.2, -0.15) is 0 Å². The van der Waals surface area contributed by atoms with Crippen molar-refractivity contribution in [1.82, 2.24) is 0 Å². The van der Waals surface area contributed by atoms with Gasteiger partial charge in [0, 0.05) is 18.8 Å². The predicted molar refractivity (Wildman–Crippen MR) is 205 cm³/mol. The maximum atomic E-state index is 12.8. The fourth-order valence-corrected chi connectivity index (χ4v) is 10.6. The van der Waals surface area contributed by atoms with E-state index >= 15 is 0 Å². The van der Waals surface area contributed by atoms with Gasteiger partial charge in [-0.3, -0.25) is 24.0 Å². The molecule has 0 bridgehead atoms. The molecule has 4 fully saturated rings. The number of rotatable bonds is 20. The van der Waals surface area contributed by atoms with Gasteiger partial charge in [-0.1, -0.05) is 58.9 Å². The number of carbonyl (C=O) groups is 5. The Morgan fingerprint density at radius 1 is 0.722 bits per heavy atom. The van der Waals surface area contributed by atoms with E-state index in [1.54, 1.807) is 19.1 Å². The van der Waals surface area contributed by atoms with E-state index < -0.39 is 24.0 Å².